The van der Waals surface area contributed by atoms with Crippen molar-refractivity contribution in [3.8, 4) is 0 Å². The van der Waals surface area contributed by atoms with Crippen LogP contribution in [0.15, 0.2) is 30.3 Å². The molecule has 2 N–H and O–H groups in total. The first-order valence-electron chi connectivity index (χ1n) is 6.77. The summed E-state index contributed by atoms with van der Waals surface area (Å²) in [5, 5.41) is 12.3. The second-order valence-electron chi connectivity index (χ2n) is 5.05. The minimum Gasteiger partial charge on any atom is -0.394 e. The molecule has 3 atom stereocenters. The van der Waals surface area contributed by atoms with Crippen molar-refractivity contribution in [2.45, 2.75) is 31.9 Å². The van der Waals surface area contributed by atoms with Gasteiger partial charge in [0.05, 0.1) is 24.7 Å². The lowest BCUT2D eigenvalue weighted by Gasteiger charge is -2.20. The fourth-order valence-electron chi connectivity index (χ4n) is 2.44. The normalized spacial score (nSPS) is 24.1. The van der Waals surface area contributed by atoms with Gasteiger partial charge in [-0.15, -0.1) is 0 Å². The maximum atomic E-state index is 12.1. The summed E-state index contributed by atoms with van der Waals surface area (Å²) in [6.45, 7) is 2.51. The molecule has 1 aromatic carbocycles. The Hall–Kier alpha value is -1.39. The molecule has 1 aliphatic heterocycles. The van der Waals surface area contributed by atoms with Crippen LogP contribution in [-0.4, -0.2) is 36.4 Å². The molecule has 1 aliphatic rings. The van der Waals surface area contributed by atoms with Gasteiger partial charge in [-0.25, -0.2) is 0 Å². The third-order valence-corrected chi connectivity index (χ3v) is 3.60. The van der Waals surface area contributed by atoms with Crippen LogP contribution in [0.1, 0.15) is 18.9 Å². The summed E-state index contributed by atoms with van der Waals surface area (Å²) in [6, 6.07) is 9.62. The predicted octanol–water partition coefficient (Wildman–Crippen LogP) is 1.13. The van der Waals surface area contributed by atoms with Crippen LogP contribution in [0.4, 0.5) is 0 Å². The van der Waals surface area contributed by atoms with Gasteiger partial charge in [-0.2, -0.15) is 0 Å². The Morgan fingerprint density at radius 3 is 2.79 bits per heavy atom. The van der Waals surface area contributed by atoms with Gasteiger partial charge in [0.25, 0.3) is 0 Å². The lowest BCUT2D eigenvalue weighted by molar-refractivity contribution is -0.127. The van der Waals surface area contributed by atoms with E-state index in [2.05, 4.69) is 5.32 Å². The van der Waals surface area contributed by atoms with Crippen LogP contribution in [0.2, 0.25) is 0 Å². The number of aliphatic hydroxyl groups is 1. The molecule has 0 spiro atoms. The molecule has 4 heteroatoms. The van der Waals surface area contributed by atoms with Crippen LogP contribution >= 0.6 is 0 Å². The molecule has 0 saturated carbocycles. The number of benzene rings is 1. The Morgan fingerprint density at radius 2 is 2.21 bits per heavy atom. The minimum atomic E-state index is -0.234. The van der Waals surface area contributed by atoms with E-state index in [4.69, 9.17) is 4.74 Å². The molecular formula is C15H21NO3. The number of ether oxygens (including phenoxy) is 1. The molecule has 1 heterocycles. The van der Waals surface area contributed by atoms with Crippen molar-refractivity contribution in [2.24, 2.45) is 5.92 Å². The van der Waals surface area contributed by atoms with Crippen molar-refractivity contribution in [3.05, 3.63) is 35.9 Å². The van der Waals surface area contributed by atoms with Crippen LogP contribution in [0, 0.1) is 5.92 Å². The van der Waals surface area contributed by atoms with Crippen molar-refractivity contribution in [2.75, 3.05) is 13.2 Å². The highest BCUT2D eigenvalue weighted by Gasteiger charge is 2.31. The summed E-state index contributed by atoms with van der Waals surface area (Å²) in [5.41, 5.74) is 1.11. The average Bonchev–Trinajstić information content (AvgIpc) is 2.85. The fourth-order valence-corrected chi connectivity index (χ4v) is 2.44. The monoisotopic (exact) mass is 263 g/mol. The van der Waals surface area contributed by atoms with E-state index < -0.39 is 0 Å². The number of rotatable bonds is 5. The average molecular weight is 263 g/mol. The molecule has 19 heavy (non-hydrogen) atoms. The molecule has 4 nitrogen and oxygen atoms in total. The van der Waals surface area contributed by atoms with E-state index in [0.29, 0.717) is 13.0 Å². The molecule has 1 aromatic rings. The Balaban J connectivity index is 1.90. The maximum absolute atomic E-state index is 12.1. The highest BCUT2D eigenvalue weighted by Crippen LogP contribution is 2.20. The van der Waals surface area contributed by atoms with E-state index in [1.54, 1.807) is 0 Å². The molecule has 0 bridgehead atoms. The quantitative estimate of drug-likeness (QED) is 0.837. The van der Waals surface area contributed by atoms with Gasteiger partial charge >= 0.3 is 0 Å². The number of hydrogen-bond acceptors (Lipinski definition) is 3. The molecule has 104 valence electrons. The van der Waals surface area contributed by atoms with E-state index in [1.165, 1.54) is 0 Å². The molecule has 1 fully saturated rings. The number of aliphatic hydroxyl groups excluding tert-OH is 1. The number of amides is 1. The Morgan fingerprint density at radius 1 is 1.47 bits per heavy atom. The first-order chi connectivity index (χ1) is 9.20. The van der Waals surface area contributed by atoms with Crippen LogP contribution in [0.25, 0.3) is 0 Å². The summed E-state index contributed by atoms with van der Waals surface area (Å²) >= 11 is 0. The number of hydrogen-bond donors (Lipinski definition) is 2. The van der Waals surface area contributed by atoms with Crippen LogP contribution in [0.3, 0.4) is 0 Å². The molecule has 1 amide bonds. The van der Waals surface area contributed by atoms with Crippen molar-refractivity contribution in [1.82, 2.24) is 5.32 Å². The third kappa shape index (κ3) is 3.78. The van der Waals surface area contributed by atoms with E-state index >= 15 is 0 Å². The predicted molar refractivity (Wildman–Crippen MR) is 72.7 cm³/mol. The summed E-state index contributed by atoms with van der Waals surface area (Å²) in [5.74, 6) is -0.107. The summed E-state index contributed by atoms with van der Waals surface area (Å²) < 4.78 is 5.40. The van der Waals surface area contributed by atoms with E-state index in [0.717, 1.165) is 12.0 Å². The van der Waals surface area contributed by atoms with Gasteiger partial charge in [-0.3, -0.25) is 4.79 Å². The van der Waals surface area contributed by atoms with Gasteiger partial charge in [0.15, 0.2) is 0 Å². The Kier molecular flexibility index (Phi) is 4.93. The lowest BCUT2D eigenvalue weighted by Crippen LogP contribution is -2.43. The fraction of sp³-hybridized carbons (Fsp3) is 0.533. The molecule has 0 aromatic heterocycles. The lowest BCUT2D eigenvalue weighted by atomic mass is 10.00. The zero-order valence-corrected chi connectivity index (χ0v) is 11.2. The van der Waals surface area contributed by atoms with Gasteiger partial charge < -0.3 is 15.2 Å². The maximum Gasteiger partial charge on any atom is 0.226 e. The summed E-state index contributed by atoms with van der Waals surface area (Å²) in [7, 11) is 0. The van der Waals surface area contributed by atoms with Crippen molar-refractivity contribution in [1.29, 1.82) is 0 Å². The largest absolute Gasteiger partial charge is 0.394 e. The van der Waals surface area contributed by atoms with Gasteiger partial charge in [-0.05, 0) is 25.3 Å². The minimum absolute atomic E-state index is 0.0139. The van der Waals surface area contributed by atoms with E-state index in [9.17, 15) is 9.90 Å². The zero-order valence-electron chi connectivity index (χ0n) is 11.2. The highest BCUT2D eigenvalue weighted by atomic mass is 16.5. The SMILES string of the molecule is CC1OCCC1C(=O)NC(CO)Cc1ccccc1. The second kappa shape index (κ2) is 6.68. The summed E-state index contributed by atoms with van der Waals surface area (Å²) in [4.78, 5) is 12.1. The van der Waals surface area contributed by atoms with Crippen molar-refractivity contribution in [3.63, 3.8) is 0 Å². The highest BCUT2D eigenvalue weighted by molar-refractivity contribution is 5.79. The zero-order chi connectivity index (χ0) is 13.7. The number of nitrogens with one attached hydrogen (secondary N) is 1. The Bertz CT molecular complexity index is 407. The first-order valence-corrected chi connectivity index (χ1v) is 6.77. The van der Waals surface area contributed by atoms with Crippen LogP contribution in [0.5, 0.6) is 0 Å². The number of carbonyl (C=O) groups excluding carboxylic acids is 1. The van der Waals surface area contributed by atoms with E-state index in [1.807, 2.05) is 37.3 Å². The molecule has 0 radical (unpaired) electrons. The van der Waals surface area contributed by atoms with Crippen LogP contribution < -0.4 is 5.32 Å². The third-order valence-electron chi connectivity index (χ3n) is 3.60. The second-order valence-corrected chi connectivity index (χ2v) is 5.05. The van der Waals surface area contributed by atoms with Crippen molar-refractivity contribution < 1.29 is 14.6 Å². The number of carbonyl (C=O) groups is 1. The standard InChI is InChI=1S/C15H21NO3/c1-11-14(7-8-19-11)15(18)16-13(10-17)9-12-5-3-2-4-6-12/h2-6,11,13-14,17H,7-10H2,1H3,(H,16,18). The molecule has 0 aliphatic carbocycles. The molecule has 1 saturated heterocycles. The molecule has 3 unspecified atom stereocenters. The van der Waals surface area contributed by atoms with Gasteiger partial charge in [-0.1, -0.05) is 30.3 Å². The first kappa shape index (κ1) is 14.0. The summed E-state index contributed by atoms with van der Waals surface area (Å²) in [6.07, 6.45) is 1.37. The molecule has 2 rings (SSSR count). The van der Waals surface area contributed by atoms with Gasteiger partial charge in [0.2, 0.25) is 5.91 Å². The van der Waals surface area contributed by atoms with Gasteiger partial charge in [0, 0.05) is 6.61 Å². The molecular weight excluding hydrogens is 242 g/mol. The van der Waals surface area contributed by atoms with Gasteiger partial charge in [0.1, 0.15) is 0 Å². The Labute approximate surface area is 113 Å². The topological polar surface area (TPSA) is 58.6 Å². The van der Waals surface area contributed by atoms with Crippen molar-refractivity contribution >= 4 is 5.91 Å². The van der Waals surface area contributed by atoms with E-state index in [-0.39, 0.29) is 30.6 Å². The smallest absolute Gasteiger partial charge is 0.226 e. The van der Waals surface area contributed by atoms with Crippen LogP contribution in [-0.2, 0) is 16.0 Å².